The zero-order valence-electron chi connectivity index (χ0n) is 11.2. The van der Waals surface area contributed by atoms with Crippen LogP contribution in [0.15, 0.2) is 0 Å². The van der Waals surface area contributed by atoms with E-state index in [1.165, 1.54) is 44.8 Å². The van der Waals surface area contributed by atoms with Crippen LogP contribution in [-0.2, 0) is 9.84 Å². The Morgan fingerprint density at radius 3 is 2.59 bits per heavy atom. The summed E-state index contributed by atoms with van der Waals surface area (Å²) in [5.74, 6) is 1.22. The molecule has 0 aliphatic heterocycles. The molecule has 0 amide bonds. The van der Waals surface area contributed by atoms with Crippen molar-refractivity contribution in [1.82, 2.24) is 5.32 Å². The van der Waals surface area contributed by atoms with Crippen molar-refractivity contribution < 1.29 is 8.42 Å². The Bertz CT molecular complexity index is 301. The van der Waals surface area contributed by atoms with Crippen molar-refractivity contribution in [2.45, 2.75) is 57.9 Å². The number of rotatable bonds is 6. The third kappa shape index (κ3) is 7.04. The van der Waals surface area contributed by atoms with E-state index in [-0.39, 0.29) is 0 Å². The quantitative estimate of drug-likeness (QED) is 0.590. The van der Waals surface area contributed by atoms with Gasteiger partial charge in [0.15, 0.2) is 0 Å². The molecule has 3 nitrogen and oxygen atoms in total. The van der Waals surface area contributed by atoms with E-state index in [0.29, 0.717) is 11.8 Å². The lowest BCUT2D eigenvalue weighted by molar-refractivity contribution is 0.426. The average molecular weight is 261 g/mol. The summed E-state index contributed by atoms with van der Waals surface area (Å²) in [7, 11) is -2.79. The van der Waals surface area contributed by atoms with E-state index in [0.717, 1.165) is 18.9 Å². The third-order valence-electron chi connectivity index (χ3n) is 3.79. The third-order valence-corrected chi connectivity index (χ3v) is 4.82. The van der Waals surface area contributed by atoms with E-state index >= 15 is 0 Å². The van der Waals surface area contributed by atoms with Crippen LogP contribution in [0, 0.1) is 5.92 Å². The van der Waals surface area contributed by atoms with E-state index in [2.05, 4.69) is 12.2 Å². The fraction of sp³-hybridized carbons (Fsp3) is 1.00. The minimum Gasteiger partial charge on any atom is -0.314 e. The molecule has 0 aromatic carbocycles. The zero-order valence-corrected chi connectivity index (χ0v) is 12.1. The lowest BCUT2D eigenvalue weighted by Gasteiger charge is -2.16. The molecule has 1 aliphatic carbocycles. The molecular formula is C13H27NO2S. The molecule has 2 atom stereocenters. The van der Waals surface area contributed by atoms with Gasteiger partial charge in [0.1, 0.15) is 9.84 Å². The summed E-state index contributed by atoms with van der Waals surface area (Å²) < 4.78 is 22.0. The Kier molecular flexibility index (Phi) is 6.49. The second-order valence-corrected chi connectivity index (χ2v) is 7.68. The summed E-state index contributed by atoms with van der Waals surface area (Å²) in [5, 5.41) is 3.51. The van der Waals surface area contributed by atoms with Crippen LogP contribution in [0.1, 0.15) is 51.9 Å². The van der Waals surface area contributed by atoms with Crippen molar-refractivity contribution in [3.63, 3.8) is 0 Å². The second-order valence-electron chi connectivity index (χ2n) is 5.42. The van der Waals surface area contributed by atoms with Gasteiger partial charge in [0.05, 0.1) is 5.75 Å². The Morgan fingerprint density at radius 2 is 1.94 bits per heavy atom. The van der Waals surface area contributed by atoms with Gasteiger partial charge in [-0.3, -0.25) is 0 Å². The van der Waals surface area contributed by atoms with Gasteiger partial charge in [-0.2, -0.15) is 0 Å². The van der Waals surface area contributed by atoms with E-state index in [4.69, 9.17) is 0 Å². The maximum Gasteiger partial charge on any atom is 0.147 e. The molecule has 0 saturated heterocycles. The fourth-order valence-corrected chi connectivity index (χ4v) is 3.30. The normalized spacial score (nSPS) is 26.7. The van der Waals surface area contributed by atoms with Gasteiger partial charge in [0.25, 0.3) is 0 Å². The first kappa shape index (κ1) is 15.0. The van der Waals surface area contributed by atoms with Crippen LogP contribution >= 0.6 is 0 Å². The molecule has 1 rings (SSSR count). The highest BCUT2D eigenvalue weighted by Crippen LogP contribution is 2.25. The topological polar surface area (TPSA) is 46.2 Å². The lowest BCUT2D eigenvalue weighted by atomic mass is 9.98. The number of hydrogen-bond donors (Lipinski definition) is 1. The van der Waals surface area contributed by atoms with Crippen LogP contribution in [0.4, 0.5) is 0 Å². The monoisotopic (exact) mass is 261 g/mol. The molecular weight excluding hydrogens is 234 g/mol. The van der Waals surface area contributed by atoms with Crippen molar-refractivity contribution >= 4 is 9.84 Å². The largest absolute Gasteiger partial charge is 0.314 e. The molecule has 0 aromatic rings. The van der Waals surface area contributed by atoms with Crippen LogP contribution < -0.4 is 5.32 Å². The smallest absolute Gasteiger partial charge is 0.147 e. The Balaban J connectivity index is 2.15. The van der Waals surface area contributed by atoms with Crippen molar-refractivity contribution in [2.24, 2.45) is 5.92 Å². The molecule has 1 aliphatic rings. The van der Waals surface area contributed by atoms with E-state index in [1.54, 1.807) is 0 Å². The van der Waals surface area contributed by atoms with E-state index in [1.807, 2.05) is 0 Å². The molecule has 1 fully saturated rings. The molecule has 0 heterocycles. The second kappa shape index (κ2) is 7.37. The SMILES string of the molecule is CCC1CCCC(NCCCS(C)(=O)=O)CC1. The minimum absolute atomic E-state index is 0.310. The predicted octanol–water partition coefficient (Wildman–Crippen LogP) is 2.37. The molecule has 0 spiro atoms. The van der Waals surface area contributed by atoms with Gasteiger partial charge in [-0.15, -0.1) is 0 Å². The van der Waals surface area contributed by atoms with Crippen molar-refractivity contribution in [3.05, 3.63) is 0 Å². The van der Waals surface area contributed by atoms with Crippen LogP contribution in [0.25, 0.3) is 0 Å². The summed E-state index contributed by atoms with van der Waals surface area (Å²) in [6.07, 6.45) is 9.91. The summed E-state index contributed by atoms with van der Waals surface area (Å²) in [6.45, 7) is 3.12. The summed E-state index contributed by atoms with van der Waals surface area (Å²) in [5.41, 5.74) is 0. The first-order valence-electron chi connectivity index (χ1n) is 6.92. The Morgan fingerprint density at radius 1 is 1.18 bits per heavy atom. The highest BCUT2D eigenvalue weighted by atomic mass is 32.2. The highest BCUT2D eigenvalue weighted by molar-refractivity contribution is 7.90. The molecule has 0 aromatic heterocycles. The van der Waals surface area contributed by atoms with Gasteiger partial charge in [-0.05, 0) is 38.1 Å². The van der Waals surface area contributed by atoms with Crippen molar-refractivity contribution in [2.75, 3.05) is 18.6 Å². The number of hydrogen-bond acceptors (Lipinski definition) is 3. The van der Waals surface area contributed by atoms with Crippen LogP contribution in [0.2, 0.25) is 0 Å². The average Bonchev–Trinajstić information content (AvgIpc) is 2.48. The maximum absolute atomic E-state index is 11.0. The van der Waals surface area contributed by atoms with Crippen molar-refractivity contribution in [3.8, 4) is 0 Å². The first-order valence-corrected chi connectivity index (χ1v) is 8.98. The van der Waals surface area contributed by atoms with Gasteiger partial charge >= 0.3 is 0 Å². The summed E-state index contributed by atoms with van der Waals surface area (Å²) in [6, 6.07) is 0.617. The van der Waals surface area contributed by atoms with Crippen LogP contribution in [0.5, 0.6) is 0 Å². The number of sulfone groups is 1. The molecule has 4 heteroatoms. The zero-order chi connectivity index (χ0) is 12.7. The van der Waals surface area contributed by atoms with Crippen molar-refractivity contribution in [1.29, 1.82) is 0 Å². The van der Waals surface area contributed by atoms with E-state index in [9.17, 15) is 8.42 Å². The van der Waals surface area contributed by atoms with Crippen LogP contribution in [0.3, 0.4) is 0 Å². The van der Waals surface area contributed by atoms with E-state index < -0.39 is 9.84 Å². The molecule has 1 N–H and O–H groups in total. The predicted molar refractivity (Wildman–Crippen MR) is 73.0 cm³/mol. The van der Waals surface area contributed by atoms with Gasteiger partial charge in [0.2, 0.25) is 0 Å². The molecule has 102 valence electrons. The molecule has 2 unspecified atom stereocenters. The highest BCUT2D eigenvalue weighted by Gasteiger charge is 2.17. The van der Waals surface area contributed by atoms with Gasteiger partial charge in [0, 0.05) is 12.3 Å². The molecule has 0 bridgehead atoms. The lowest BCUT2D eigenvalue weighted by Crippen LogP contribution is -2.30. The Hall–Kier alpha value is -0.0900. The molecule has 1 saturated carbocycles. The maximum atomic E-state index is 11.0. The fourth-order valence-electron chi connectivity index (χ4n) is 2.63. The summed E-state index contributed by atoms with van der Waals surface area (Å²) >= 11 is 0. The van der Waals surface area contributed by atoms with Gasteiger partial charge in [-0.25, -0.2) is 8.42 Å². The first-order chi connectivity index (χ1) is 8.01. The molecule has 0 radical (unpaired) electrons. The minimum atomic E-state index is -2.79. The summed E-state index contributed by atoms with van der Waals surface area (Å²) in [4.78, 5) is 0. The molecule has 17 heavy (non-hydrogen) atoms. The van der Waals surface area contributed by atoms with Gasteiger partial charge in [-0.1, -0.05) is 26.2 Å². The Labute approximate surface area is 106 Å². The standard InChI is InChI=1S/C13H27NO2S/c1-3-12-6-4-7-13(9-8-12)14-10-5-11-17(2,15)16/h12-14H,3-11H2,1-2H3. The van der Waals surface area contributed by atoms with Crippen LogP contribution in [-0.4, -0.2) is 33.0 Å². The van der Waals surface area contributed by atoms with Gasteiger partial charge < -0.3 is 5.32 Å². The number of nitrogens with one attached hydrogen (secondary N) is 1.